The summed E-state index contributed by atoms with van der Waals surface area (Å²) in [6.07, 6.45) is 3.84. The zero-order chi connectivity index (χ0) is 22.0. The van der Waals surface area contributed by atoms with E-state index in [1.54, 1.807) is 6.07 Å². The maximum absolute atomic E-state index is 13.9. The molecule has 2 aromatic carbocycles. The van der Waals surface area contributed by atoms with Crippen molar-refractivity contribution in [2.45, 2.75) is 52.0 Å². The number of rotatable bonds is 6. The molecule has 4 nitrogen and oxygen atoms in total. The Morgan fingerprint density at radius 3 is 2.45 bits per heavy atom. The molecule has 1 aliphatic heterocycles. The summed E-state index contributed by atoms with van der Waals surface area (Å²) in [4.78, 5) is 27.9. The lowest BCUT2D eigenvalue weighted by Gasteiger charge is -2.41. The topological polar surface area (TPSA) is 49.4 Å². The van der Waals surface area contributed by atoms with Gasteiger partial charge in [0.25, 0.3) is 0 Å². The largest absolute Gasteiger partial charge is 0.353 e. The van der Waals surface area contributed by atoms with Gasteiger partial charge in [-0.2, -0.15) is 0 Å². The standard InChI is InChI=1S/C26H31FN2O2/c1-18(2)28-25(31)26(12-14-29(15-13-26)24(30)19-10-11-19)17-21-6-3-4-9-23(21)20-7-5-8-22(27)16-20/h3-9,16,18-19H,10-15,17H2,1-2H3,(H,28,31). The van der Waals surface area contributed by atoms with Gasteiger partial charge in [-0.05, 0) is 74.8 Å². The van der Waals surface area contributed by atoms with Crippen molar-refractivity contribution < 1.29 is 14.0 Å². The number of piperidine rings is 1. The predicted molar refractivity (Wildman–Crippen MR) is 120 cm³/mol. The molecule has 0 aromatic heterocycles. The number of hydrogen-bond acceptors (Lipinski definition) is 2. The molecule has 164 valence electrons. The van der Waals surface area contributed by atoms with Gasteiger partial charge in [-0.1, -0.05) is 36.4 Å². The minimum absolute atomic E-state index is 0.0500. The summed E-state index contributed by atoms with van der Waals surface area (Å²) in [5.74, 6) is 0.227. The van der Waals surface area contributed by atoms with E-state index in [2.05, 4.69) is 5.32 Å². The molecule has 2 aliphatic rings. The van der Waals surface area contributed by atoms with E-state index in [0.717, 1.165) is 29.5 Å². The maximum atomic E-state index is 13.9. The zero-order valence-corrected chi connectivity index (χ0v) is 18.4. The number of benzene rings is 2. The zero-order valence-electron chi connectivity index (χ0n) is 18.4. The highest BCUT2D eigenvalue weighted by molar-refractivity contribution is 5.85. The van der Waals surface area contributed by atoms with Crippen LogP contribution in [0.2, 0.25) is 0 Å². The monoisotopic (exact) mass is 422 g/mol. The Bertz CT molecular complexity index is 959. The lowest BCUT2D eigenvalue weighted by atomic mass is 9.71. The van der Waals surface area contributed by atoms with Gasteiger partial charge in [0, 0.05) is 25.0 Å². The van der Waals surface area contributed by atoms with E-state index in [9.17, 15) is 14.0 Å². The molecule has 0 radical (unpaired) electrons. The molecule has 1 heterocycles. The quantitative estimate of drug-likeness (QED) is 0.741. The van der Waals surface area contributed by atoms with Crippen LogP contribution >= 0.6 is 0 Å². The summed E-state index contributed by atoms with van der Waals surface area (Å²) >= 11 is 0. The molecule has 0 bridgehead atoms. The van der Waals surface area contributed by atoms with Crippen LogP contribution in [0.4, 0.5) is 4.39 Å². The van der Waals surface area contributed by atoms with E-state index < -0.39 is 5.41 Å². The summed E-state index contributed by atoms with van der Waals surface area (Å²) < 4.78 is 13.9. The fourth-order valence-corrected chi connectivity index (χ4v) is 4.62. The van der Waals surface area contributed by atoms with Crippen LogP contribution in [0.1, 0.15) is 45.1 Å². The van der Waals surface area contributed by atoms with Crippen molar-refractivity contribution in [3.8, 4) is 11.1 Å². The summed E-state index contributed by atoms with van der Waals surface area (Å²) in [6.45, 7) is 5.17. The average Bonchev–Trinajstić information content (AvgIpc) is 3.59. The van der Waals surface area contributed by atoms with Gasteiger partial charge in [0.1, 0.15) is 5.82 Å². The Morgan fingerprint density at radius 2 is 1.81 bits per heavy atom. The fourth-order valence-electron chi connectivity index (χ4n) is 4.62. The molecule has 31 heavy (non-hydrogen) atoms. The van der Waals surface area contributed by atoms with Crippen molar-refractivity contribution in [3.05, 3.63) is 59.9 Å². The molecule has 2 aromatic rings. The Balaban J connectivity index is 1.62. The van der Waals surface area contributed by atoms with E-state index in [0.29, 0.717) is 32.4 Å². The molecule has 4 rings (SSSR count). The molecule has 1 saturated carbocycles. The van der Waals surface area contributed by atoms with Gasteiger partial charge in [-0.3, -0.25) is 9.59 Å². The van der Waals surface area contributed by atoms with Crippen LogP contribution in [0.25, 0.3) is 11.1 Å². The maximum Gasteiger partial charge on any atom is 0.226 e. The number of hydrogen-bond donors (Lipinski definition) is 1. The Morgan fingerprint density at radius 1 is 1.10 bits per heavy atom. The number of carbonyl (C=O) groups is 2. The smallest absolute Gasteiger partial charge is 0.226 e. The predicted octanol–water partition coefficient (Wildman–Crippen LogP) is 4.58. The molecule has 0 spiro atoms. The molecular formula is C26H31FN2O2. The normalized spacial score (nSPS) is 18.1. The first kappa shape index (κ1) is 21.5. The number of halogens is 1. The number of likely N-dealkylation sites (tertiary alicyclic amines) is 1. The molecular weight excluding hydrogens is 391 g/mol. The van der Waals surface area contributed by atoms with Crippen molar-refractivity contribution in [1.29, 1.82) is 0 Å². The summed E-state index contributed by atoms with van der Waals surface area (Å²) in [5.41, 5.74) is 2.23. The molecule has 1 N–H and O–H groups in total. The van der Waals surface area contributed by atoms with Crippen LogP contribution in [0.15, 0.2) is 48.5 Å². The number of carbonyl (C=O) groups excluding carboxylic acids is 2. The van der Waals surface area contributed by atoms with Crippen molar-refractivity contribution in [3.63, 3.8) is 0 Å². The van der Waals surface area contributed by atoms with Gasteiger partial charge in [0.15, 0.2) is 0 Å². The van der Waals surface area contributed by atoms with Crippen LogP contribution in [-0.4, -0.2) is 35.8 Å². The second-order valence-corrected chi connectivity index (χ2v) is 9.35. The van der Waals surface area contributed by atoms with Gasteiger partial charge in [0.2, 0.25) is 11.8 Å². The lowest BCUT2D eigenvalue weighted by Crippen LogP contribution is -2.52. The minimum Gasteiger partial charge on any atom is -0.353 e. The highest BCUT2D eigenvalue weighted by atomic mass is 19.1. The second kappa shape index (κ2) is 8.81. The van der Waals surface area contributed by atoms with E-state index in [1.165, 1.54) is 12.1 Å². The van der Waals surface area contributed by atoms with Crippen LogP contribution in [0.5, 0.6) is 0 Å². The van der Waals surface area contributed by atoms with Gasteiger partial charge < -0.3 is 10.2 Å². The van der Waals surface area contributed by atoms with Crippen molar-refractivity contribution in [2.24, 2.45) is 11.3 Å². The van der Waals surface area contributed by atoms with Crippen molar-refractivity contribution in [1.82, 2.24) is 10.2 Å². The van der Waals surface area contributed by atoms with Crippen molar-refractivity contribution in [2.75, 3.05) is 13.1 Å². The summed E-state index contributed by atoms with van der Waals surface area (Å²) in [6, 6.07) is 14.6. The van der Waals surface area contributed by atoms with Gasteiger partial charge in [-0.25, -0.2) is 4.39 Å². The van der Waals surface area contributed by atoms with E-state index in [-0.39, 0.29) is 29.6 Å². The van der Waals surface area contributed by atoms with Gasteiger partial charge in [0.05, 0.1) is 5.41 Å². The second-order valence-electron chi connectivity index (χ2n) is 9.35. The van der Waals surface area contributed by atoms with Crippen LogP contribution in [0.3, 0.4) is 0 Å². The third kappa shape index (κ3) is 4.81. The third-order valence-corrected chi connectivity index (χ3v) is 6.54. The highest BCUT2D eigenvalue weighted by Crippen LogP contribution is 2.40. The first-order valence-corrected chi connectivity index (χ1v) is 11.3. The highest BCUT2D eigenvalue weighted by Gasteiger charge is 2.44. The molecule has 2 amide bonds. The third-order valence-electron chi connectivity index (χ3n) is 6.54. The van der Waals surface area contributed by atoms with E-state index in [1.807, 2.05) is 49.1 Å². The molecule has 0 atom stereocenters. The van der Waals surface area contributed by atoms with Crippen LogP contribution < -0.4 is 5.32 Å². The number of nitrogens with one attached hydrogen (secondary N) is 1. The summed E-state index contributed by atoms with van der Waals surface area (Å²) in [5, 5.41) is 3.12. The van der Waals surface area contributed by atoms with E-state index in [4.69, 9.17) is 0 Å². The fraction of sp³-hybridized carbons (Fsp3) is 0.462. The summed E-state index contributed by atoms with van der Waals surface area (Å²) in [7, 11) is 0. The number of amides is 2. The Hall–Kier alpha value is -2.69. The molecule has 0 unspecified atom stereocenters. The SMILES string of the molecule is CC(C)NC(=O)C1(Cc2ccccc2-c2cccc(F)c2)CCN(C(=O)C2CC2)CC1. The molecule has 2 fully saturated rings. The van der Waals surface area contributed by atoms with Gasteiger partial charge in [-0.15, -0.1) is 0 Å². The van der Waals surface area contributed by atoms with E-state index >= 15 is 0 Å². The minimum atomic E-state index is -0.575. The van der Waals surface area contributed by atoms with Crippen LogP contribution in [-0.2, 0) is 16.0 Å². The van der Waals surface area contributed by atoms with Gasteiger partial charge >= 0.3 is 0 Å². The molecule has 1 saturated heterocycles. The van der Waals surface area contributed by atoms with Crippen LogP contribution in [0, 0.1) is 17.2 Å². The molecule has 1 aliphatic carbocycles. The Kier molecular flexibility index (Phi) is 6.12. The average molecular weight is 423 g/mol. The van der Waals surface area contributed by atoms with Crippen molar-refractivity contribution >= 4 is 11.8 Å². The first-order chi connectivity index (χ1) is 14.9. The molecule has 5 heteroatoms. The lowest BCUT2D eigenvalue weighted by molar-refractivity contribution is -0.141. The number of nitrogens with zero attached hydrogens (tertiary/aromatic N) is 1. The first-order valence-electron chi connectivity index (χ1n) is 11.3. The Labute approximate surface area is 183 Å².